The molecule has 1 aromatic heterocycles. The van der Waals surface area contributed by atoms with Crippen molar-refractivity contribution in [2.45, 2.75) is 64.0 Å². The molecule has 2 aliphatic rings. The molecule has 2 amide bonds. The molecule has 1 saturated heterocycles. The second kappa shape index (κ2) is 8.77. The number of fused-ring (bicyclic) bond motifs is 1. The van der Waals surface area contributed by atoms with Crippen LogP contribution in [0.4, 0.5) is 5.69 Å². The summed E-state index contributed by atoms with van der Waals surface area (Å²) in [6.45, 7) is 2.91. The lowest BCUT2D eigenvalue weighted by molar-refractivity contribution is 0.0637. The van der Waals surface area contributed by atoms with Gasteiger partial charge < -0.3 is 14.8 Å². The number of imidazole rings is 1. The molecule has 1 N–H and O–H groups in total. The van der Waals surface area contributed by atoms with E-state index in [4.69, 9.17) is 0 Å². The molecular weight excluding hydrogens is 400 g/mol. The van der Waals surface area contributed by atoms with Crippen LogP contribution in [0.1, 0.15) is 78.6 Å². The molecule has 1 aliphatic carbocycles. The molecule has 166 valence electrons. The summed E-state index contributed by atoms with van der Waals surface area (Å²) in [5, 5.41) is 2.98. The Bertz CT molecular complexity index is 1130. The van der Waals surface area contributed by atoms with Gasteiger partial charge in [0.25, 0.3) is 11.8 Å². The van der Waals surface area contributed by atoms with Crippen LogP contribution in [0.15, 0.2) is 48.8 Å². The zero-order valence-corrected chi connectivity index (χ0v) is 18.6. The summed E-state index contributed by atoms with van der Waals surface area (Å²) in [5.41, 5.74) is 3.50. The molecule has 6 nitrogen and oxygen atoms in total. The quantitative estimate of drug-likeness (QED) is 0.601. The molecule has 1 aliphatic heterocycles. The Balaban J connectivity index is 1.56. The number of benzene rings is 2. The number of piperidine rings is 1. The van der Waals surface area contributed by atoms with Gasteiger partial charge in [0.05, 0.1) is 22.9 Å². The van der Waals surface area contributed by atoms with Crippen LogP contribution in [0.5, 0.6) is 0 Å². The molecule has 2 fully saturated rings. The molecule has 5 rings (SSSR count). The number of aromatic nitrogens is 2. The van der Waals surface area contributed by atoms with E-state index in [1.807, 2.05) is 41.6 Å². The third-order valence-electron chi connectivity index (χ3n) is 6.98. The average Bonchev–Trinajstić information content (AvgIpc) is 3.49. The molecule has 0 spiro atoms. The number of hydrogen-bond donors (Lipinski definition) is 1. The normalized spacial score (nSPS) is 19.4. The Morgan fingerprint density at radius 3 is 2.50 bits per heavy atom. The predicted octanol–water partition coefficient (Wildman–Crippen LogP) is 5.42. The maximum atomic E-state index is 13.8. The standard InChI is InChI=1S/C26H30N4O2/c1-18-9-7-8-14-29(18)26(32)22-15-20(28-25(31)19-10-3-2-4-11-19)16-23-24(22)30(17-27-23)21-12-5-6-13-21/h2-4,10-11,15-18,21H,5-9,12-14H2,1H3,(H,28,31). The fraction of sp³-hybridized carbons (Fsp3) is 0.423. The van der Waals surface area contributed by atoms with E-state index in [9.17, 15) is 9.59 Å². The van der Waals surface area contributed by atoms with Gasteiger partial charge in [-0.15, -0.1) is 0 Å². The van der Waals surface area contributed by atoms with E-state index in [2.05, 4.69) is 21.8 Å². The first-order chi connectivity index (χ1) is 15.6. The van der Waals surface area contributed by atoms with Crippen LogP contribution < -0.4 is 5.32 Å². The molecule has 1 unspecified atom stereocenters. The number of carbonyl (C=O) groups excluding carboxylic acids is 2. The number of amides is 2. The number of hydrogen-bond acceptors (Lipinski definition) is 3. The Kier molecular flexibility index (Phi) is 5.68. The highest BCUT2D eigenvalue weighted by Crippen LogP contribution is 2.35. The van der Waals surface area contributed by atoms with Gasteiger partial charge in [-0.2, -0.15) is 0 Å². The topological polar surface area (TPSA) is 67.2 Å². The van der Waals surface area contributed by atoms with Gasteiger partial charge in [-0.25, -0.2) is 4.98 Å². The lowest BCUT2D eigenvalue weighted by Gasteiger charge is -2.34. The third kappa shape index (κ3) is 3.90. The van der Waals surface area contributed by atoms with Gasteiger partial charge in [0, 0.05) is 29.9 Å². The number of nitrogens with one attached hydrogen (secondary N) is 1. The second-order valence-corrected chi connectivity index (χ2v) is 9.15. The van der Waals surface area contributed by atoms with Gasteiger partial charge in [-0.05, 0) is 63.3 Å². The Morgan fingerprint density at radius 1 is 1.00 bits per heavy atom. The minimum absolute atomic E-state index is 0.0396. The number of nitrogens with zero attached hydrogens (tertiary/aromatic N) is 3. The molecule has 3 aromatic rings. The largest absolute Gasteiger partial charge is 0.336 e. The molecule has 0 bridgehead atoms. The van der Waals surface area contributed by atoms with E-state index in [1.165, 1.54) is 12.8 Å². The first-order valence-electron chi connectivity index (χ1n) is 11.8. The molecular formula is C26H30N4O2. The lowest BCUT2D eigenvalue weighted by atomic mass is 10.0. The number of carbonyl (C=O) groups is 2. The fourth-order valence-corrected chi connectivity index (χ4v) is 5.21. The molecule has 2 aromatic carbocycles. The summed E-state index contributed by atoms with van der Waals surface area (Å²) in [4.78, 5) is 33.2. The van der Waals surface area contributed by atoms with Crippen molar-refractivity contribution in [2.75, 3.05) is 11.9 Å². The highest BCUT2D eigenvalue weighted by molar-refractivity contribution is 6.09. The van der Waals surface area contributed by atoms with Gasteiger partial charge in [0.15, 0.2) is 0 Å². The molecule has 0 radical (unpaired) electrons. The second-order valence-electron chi connectivity index (χ2n) is 9.15. The van der Waals surface area contributed by atoms with Crippen LogP contribution in [0.3, 0.4) is 0 Å². The van der Waals surface area contributed by atoms with Gasteiger partial charge in [-0.1, -0.05) is 31.0 Å². The zero-order chi connectivity index (χ0) is 22.1. The summed E-state index contributed by atoms with van der Waals surface area (Å²) in [5.74, 6) is -0.150. The first kappa shape index (κ1) is 20.7. The summed E-state index contributed by atoms with van der Waals surface area (Å²) in [6, 6.07) is 13.5. The van der Waals surface area contributed by atoms with Gasteiger partial charge in [-0.3, -0.25) is 9.59 Å². The smallest absolute Gasteiger partial charge is 0.256 e. The minimum Gasteiger partial charge on any atom is -0.336 e. The average molecular weight is 431 g/mol. The molecule has 6 heteroatoms. The minimum atomic E-state index is -0.190. The molecule has 32 heavy (non-hydrogen) atoms. The van der Waals surface area contributed by atoms with E-state index in [0.29, 0.717) is 22.9 Å². The fourth-order valence-electron chi connectivity index (χ4n) is 5.21. The number of rotatable bonds is 4. The monoisotopic (exact) mass is 430 g/mol. The maximum absolute atomic E-state index is 13.8. The summed E-state index contributed by atoms with van der Waals surface area (Å²) in [7, 11) is 0. The lowest BCUT2D eigenvalue weighted by Crippen LogP contribution is -2.42. The first-order valence-corrected chi connectivity index (χ1v) is 11.8. The molecule has 1 saturated carbocycles. The Morgan fingerprint density at radius 2 is 1.75 bits per heavy atom. The van der Waals surface area contributed by atoms with Crippen molar-refractivity contribution in [2.24, 2.45) is 0 Å². The van der Waals surface area contributed by atoms with Crippen molar-refractivity contribution in [1.29, 1.82) is 0 Å². The van der Waals surface area contributed by atoms with Crippen LogP contribution in [0.25, 0.3) is 11.0 Å². The van der Waals surface area contributed by atoms with Crippen molar-refractivity contribution >= 4 is 28.5 Å². The van der Waals surface area contributed by atoms with Gasteiger partial charge >= 0.3 is 0 Å². The van der Waals surface area contributed by atoms with Crippen LogP contribution in [0, 0.1) is 0 Å². The van der Waals surface area contributed by atoms with Crippen molar-refractivity contribution in [3.63, 3.8) is 0 Å². The van der Waals surface area contributed by atoms with Crippen molar-refractivity contribution < 1.29 is 9.59 Å². The molecule has 2 heterocycles. The summed E-state index contributed by atoms with van der Waals surface area (Å²) in [6.07, 6.45) is 9.75. The maximum Gasteiger partial charge on any atom is 0.256 e. The predicted molar refractivity (Wildman–Crippen MR) is 126 cm³/mol. The van der Waals surface area contributed by atoms with E-state index in [1.54, 1.807) is 12.1 Å². The van der Waals surface area contributed by atoms with Crippen LogP contribution in [0.2, 0.25) is 0 Å². The summed E-state index contributed by atoms with van der Waals surface area (Å²) >= 11 is 0. The van der Waals surface area contributed by atoms with E-state index < -0.39 is 0 Å². The Hall–Kier alpha value is -3.15. The SMILES string of the molecule is CC1CCCCN1C(=O)c1cc(NC(=O)c2ccccc2)cc2ncn(C3CCCC3)c12. The van der Waals surface area contributed by atoms with E-state index >= 15 is 0 Å². The van der Waals surface area contributed by atoms with Crippen molar-refractivity contribution in [3.8, 4) is 0 Å². The van der Waals surface area contributed by atoms with Crippen molar-refractivity contribution in [1.82, 2.24) is 14.5 Å². The highest BCUT2D eigenvalue weighted by Gasteiger charge is 2.29. The van der Waals surface area contributed by atoms with Gasteiger partial charge in [0.1, 0.15) is 0 Å². The zero-order valence-electron chi connectivity index (χ0n) is 18.6. The summed E-state index contributed by atoms with van der Waals surface area (Å²) < 4.78 is 2.20. The number of likely N-dealkylation sites (tertiary alicyclic amines) is 1. The van der Waals surface area contributed by atoms with Gasteiger partial charge in [0.2, 0.25) is 0 Å². The highest BCUT2D eigenvalue weighted by atomic mass is 16.2. The Labute approximate surface area is 188 Å². The van der Waals surface area contributed by atoms with Crippen LogP contribution in [-0.4, -0.2) is 38.9 Å². The van der Waals surface area contributed by atoms with E-state index in [-0.39, 0.29) is 17.9 Å². The van der Waals surface area contributed by atoms with Crippen molar-refractivity contribution in [3.05, 3.63) is 59.9 Å². The van der Waals surface area contributed by atoms with E-state index in [0.717, 1.165) is 49.7 Å². The molecule has 1 atom stereocenters. The van der Waals surface area contributed by atoms with Crippen LogP contribution >= 0.6 is 0 Å². The van der Waals surface area contributed by atoms with Crippen LogP contribution in [-0.2, 0) is 0 Å². The third-order valence-corrected chi connectivity index (χ3v) is 6.98. The number of anilines is 1.